The Hall–Kier alpha value is 0.320. The molecule has 3 rings (SSSR count). The Morgan fingerprint density at radius 2 is 2.00 bits per heavy atom. The van der Waals surface area contributed by atoms with Crippen LogP contribution in [0.4, 0.5) is 0 Å². The summed E-state index contributed by atoms with van der Waals surface area (Å²) in [6.45, 7) is 4.20. The van der Waals surface area contributed by atoms with Crippen molar-refractivity contribution >= 4 is 34.9 Å². The maximum absolute atomic E-state index is 10.8. The van der Waals surface area contributed by atoms with Crippen molar-refractivity contribution in [3.63, 3.8) is 0 Å². The van der Waals surface area contributed by atoms with Crippen LogP contribution in [0.5, 0.6) is 0 Å². The van der Waals surface area contributed by atoms with Gasteiger partial charge >= 0.3 is 0 Å². The molecule has 0 aromatic carbocycles. The molecule has 0 bridgehead atoms. The molecule has 17 heavy (non-hydrogen) atoms. The first kappa shape index (κ1) is 12.4. The Morgan fingerprint density at radius 3 is 2.59 bits per heavy atom. The highest BCUT2D eigenvalue weighted by Crippen LogP contribution is 2.63. The van der Waals surface area contributed by atoms with Crippen molar-refractivity contribution in [1.29, 1.82) is 0 Å². The van der Waals surface area contributed by atoms with Gasteiger partial charge in [-0.1, -0.05) is 6.07 Å². The summed E-state index contributed by atoms with van der Waals surface area (Å²) in [4.78, 5) is 0.926. The van der Waals surface area contributed by atoms with Gasteiger partial charge < -0.3 is 9.84 Å². The van der Waals surface area contributed by atoms with Gasteiger partial charge in [-0.3, -0.25) is 0 Å². The summed E-state index contributed by atoms with van der Waals surface area (Å²) in [6.07, 6.45) is 0.683. The van der Waals surface area contributed by atoms with Crippen LogP contribution in [0.3, 0.4) is 0 Å². The first-order chi connectivity index (χ1) is 7.98. The van der Waals surface area contributed by atoms with Gasteiger partial charge in [-0.2, -0.15) is 0 Å². The molecular formula is C12H16O2S3. The molecule has 2 saturated heterocycles. The minimum atomic E-state index is -1.10. The van der Waals surface area contributed by atoms with E-state index < -0.39 is 5.79 Å². The second-order valence-electron chi connectivity index (χ2n) is 5.00. The zero-order valence-corrected chi connectivity index (χ0v) is 12.4. The maximum Gasteiger partial charge on any atom is 0.204 e. The molecule has 3 heterocycles. The van der Waals surface area contributed by atoms with Crippen LogP contribution in [0.15, 0.2) is 17.5 Å². The molecule has 1 spiro atoms. The lowest BCUT2D eigenvalue weighted by molar-refractivity contribution is -0.220. The van der Waals surface area contributed by atoms with Crippen molar-refractivity contribution in [1.82, 2.24) is 0 Å². The average Bonchev–Trinajstić information content (AvgIpc) is 2.89. The van der Waals surface area contributed by atoms with Crippen LogP contribution in [-0.4, -0.2) is 26.3 Å². The molecule has 2 nitrogen and oxygen atoms in total. The van der Waals surface area contributed by atoms with E-state index in [4.69, 9.17) is 4.74 Å². The number of aliphatic hydroxyl groups is 1. The van der Waals surface area contributed by atoms with E-state index in [1.54, 1.807) is 11.3 Å². The molecule has 1 aromatic heterocycles. The number of hydrogen-bond donors (Lipinski definition) is 1. The topological polar surface area (TPSA) is 29.5 Å². The first-order valence-electron chi connectivity index (χ1n) is 5.72. The quantitative estimate of drug-likeness (QED) is 0.859. The summed E-state index contributed by atoms with van der Waals surface area (Å²) in [7, 11) is 0. The highest BCUT2D eigenvalue weighted by Gasteiger charge is 2.63. The lowest BCUT2D eigenvalue weighted by Crippen LogP contribution is -2.39. The molecule has 1 aromatic rings. The molecule has 0 radical (unpaired) electrons. The third-order valence-corrected chi connectivity index (χ3v) is 8.46. The molecule has 1 unspecified atom stereocenters. The van der Waals surface area contributed by atoms with E-state index >= 15 is 0 Å². The smallest absolute Gasteiger partial charge is 0.204 e. The largest absolute Gasteiger partial charge is 0.361 e. The Bertz CT molecular complexity index is 409. The van der Waals surface area contributed by atoms with Crippen molar-refractivity contribution in [2.75, 3.05) is 11.5 Å². The van der Waals surface area contributed by atoms with Gasteiger partial charge in [0.05, 0.1) is 14.6 Å². The van der Waals surface area contributed by atoms with Crippen molar-refractivity contribution < 1.29 is 9.84 Å². The second kappa shape index (κ2) is 3.90. The van der Waals surface area contributed by atoms with Crippen molar-refractivity contribution in [3.8, 4) is 0 Å². The SMILES string of the molecule is CC1(C)OC(O)(c2cccs2)CC12SCCS2. The fraction of sp³-hybridized carbons (Fsp3) is 0.667. The lowest BCUT2D eigenvalue weighted by atomic mass is 10.0. The minimum Gasteiger partial charge on any atom is -0.361 e. The molecule has 0 amide bonds. The zero-order valence-electron chi connectivity index (χ0n) is 9.93. The summed E-state index contributed by atoms with van der Waals surface area (Å²) in [5, 5.41) is 12.8. The summed E-state index contributed by atoms with van der Waals surface area (Å²) in [5.41, 5.74) is -0.294. The van der Waals surface area contributed by atoms with Crippen molar-refractivity contribution in [2.45, 2.75) is 35.7 Å². The molecule has 94 valence electrons. The molecule has 1 N–H and O–H groups in total. The van der Waals surface area contributed by atoms with E-state index in [0.717, 1.165) is 16.4 Å². The van der Waals surface area contributed by atoms with Gasteiger partial charge in [0.2, 0.25) is 5.79 Å². The molecule has 0 aliphatic carbocycles. The fourth-order valence-corrected chi connectivity index (χ4v) is 6.90. The zero-order chi connectivity index (χ0) is 12.1. The Balaban J connectivity index is 1.98. The summed E-state index contributed by atoms with van der Waals surface area (Å²) in [6, 6.07) is 3.93. The van der Waals surface area contributed by atoms with E-state index in [2.05, 4.69) is 13.8 Å². The fourth-order valence-electron chi connectivity index (χ4n) is 2.61. The van der Waals surface area contributed by atoms with Crippen LogP contribution in [0.2, 0.25) is 0 Å². The van der Waals surface area contributed by atoms with Gasteiger partial charge in [0.15, 0.2) is 0 Å². The van der Waals surface area contributed by atoms with Gasteiger partial charge in [-0.15, -0.1) is 34.9 Å². The van der Waals surface area contributed by atoms with Gasteiger partial charge in [-0.25, -0.2) is 0 Å². The monoisotopic (exact) mass is 288 g/mol. The summed E-state index contributed by atoms with van der Waals surface area (Å²) >= 11 is 5.45. The van der Waals surface area contributed by atoms with Crippen molar-refractivity contribution in [3.05, 3.63) is 22.4 Å². The summed E-state index contributed by atoms with van der Waals surface area (Å²) in [5.74, 6) is 1.21. The molecule has 2 fully saturated rings. The Labute approximate surface area is 114 Å². The van der Waals surface area contributed by atoms with Crippen LogP contribution in [-0.2, 0) is 10.5 Å². The van der Waals surface area contributed by atoms with E-state index in [1.807, 2.05) is 41.0 Å². The number of ether oxygens (including phenoxy) is 1. The number of hydrogen-bond acceptors (Lipinski definition) is 5. The predicted octanol–water partition coefficient (Wildman–Crippen LogP) is 3.27. The van der Waals surface area contributed by atoms with Crippen LogP contribution in [0, 0.1) is 0 Å². The second-order valence-corrected chi connectivity index (χ2v) is 8.99. The third-order valence-electron chi connectivity index (χ3n) is 3.47. The normalized spacial score (nSPS) is 34.5. The Kier molecular flexibility index (Phi) is 2.84. The van der Waals surface area contributed by atoms with Crippen LogP contribution < -0.4 is 0 Å². The van der Waals surface area contributed by atoms with E-state index in [-0.39, 0.29) is 9.68 Å². The van der Waals surface area contributed by atoms with Crippen LogP contribution >= 0.6 is 34.9 Å². The molecule has 2 aliphatic heterocycles. The molecule has 1 atom stereocenters. The lowest BCUT2D eigenvalue weighted by Gasteiger charge is -2.33. The van der Waals surface area contributed by atoms with Crippen molar-refractivity contribution in [2.24, 2.45) is 0 Å². The molecule has 5 heteroatoms. The molecular weight excluding hydrogens is 272 g/mol. The van der Waals surface area contributed by atoms with Gasteiger partial charge in [-0.05, 0) is 25.3 Å². The first-order valence-corrected chi connectivity index (χ1v) is 8.57. The van der Waals surface area contributed by atoms with Gasteiger partial charge in [0, 0.05) is 17.9 Å². The van der Waals surface area contributed by atoms with E-state index in [1.165, 1.54) is 0 Å². The standard InChI is InChI=1S/C12H16O2S3/c1-10(2)12(16-6-7-17-12)8-11(13,14-10)9-4-3-5-15-9/h3-5,13H,6-8H2,1-2H3. The average molecular weight is 288 g/mol. The third kappa shape index (κ3) is 1.78. The van der Waals surface area contributed by atoms with Gasteiger partial charge in [0.1, 0.15) is 0 Å². The Morgan fingerprint density at radius 1 is 1.29 bits per heavy atom. The number of rotatable bonds is 1. The minimum absolute atomic E-state index is 0.00569. The number of thioether (sulfide) groups is 2. The molecule has 2 aliphatic rings. The number of thiophene rings is 1. The highest BCUT2D eigenvalue weighted by molar-refractivity contribution is 8.21. The van der Waals surface area contributed by atoms with Gasteiger partial charge in [0.25, 0.3) is 0 Å². The van der Waals surface area contributed by atoms with Crippen LogP contribution in [0.1, 0.15) is 25.1 Å². The van der Waals surface area contributed by atoms with E-state index in [9.17, 15) is 5.11 Å². The van der Waals surface area contributed by atoms with E-state index in [0.29, 0.717) is 6.42 Å². The van der Waals surface area contributed by atoms with Crippen LogP contribution in [0.25, 0.3) is 0 Å². The predicted molar refractivity (Wildman–Crippen MR) is 75.6 cm³/mol. The maximum atomic E-state index is 10.8. The molecule has 0 saturated carbocycles. The highest BCUT2D eigenvalue weighted by atomic mass is 32.2. The summed E-state index contributed by atoms with van der Waals surface area (Å²) < 4.78 is 6.05.